The van der Waals surface area contributed by atoms with E-state index in [9.17, 15) is 14.5 Å². The zero-order valence-corrected chi connectivity index (χ0v) is 10.6. The maximum Gasteiger partial charge on any atom is 0.306 e. The summed E-state index contributed by atoms with van der Waals surface area (Å²) in [7, 11) is -1.85. The maximum absolute atomic E-state index is 11.0. The molecule has 0 aromatic carbocycles. The SMILES string of the molecule is C[PH](=O)C(O)CCN1CCC(C(=O)O)CC1. The number of piperidine rings is 1. The summed E-state index contributed by atoms with van der Waals surface area (Å²) >= 11 is 0. The first-order valence-electron chi connectivity index (χ1n) is 5.64. The molecule has 0 radical (unpaired) electrons. The molecular weight excluding hydrogens is 229 g/mol. The molecule has 1 fully saturated rings. The van der Waals surface area contributed by atoms with Crippen LogP contribution < -0.4 is 0 Å². The molecule has 2 N–H and O–H groups in total. The number of carboxylic acid groups (broad SMARTS) is 1. The molecular formula is C10H20NO4P. The van der Waals surface area contributed by atoms with Crippen molar-refractivity contribution in [3.8, 4) is 0 Å². The van der Waals surface area contributed by atoms with Gasteiger partial charge in [-0.25, -0.2) is 0 Å². The van der Waals surface area contributed by atoms with Crippen molar-refractivity contribution in [1.82, 2.24) is 4.90 Å². The van der Waals surface area contributed by atoms with Crippen LogP contribution in [0.5, 0.6) is 0 Å². The van der Waals surface area contributed by atoms with Crippen LogP contribution in [-0.2, 0) is 9.36 Å². The highest BCUT2D eigenvalue weighted by Crippen LogP contribution is 2.24. The average Bonchev–Trinajstić information content (AvgIpc) is 2.26. The highest BCUT2D eigenvalue weighted by atomic mass is 31.1. The number of likely N-dealkylation sites (tertiary alicyclic amines) is 1. The zero-order valence-electron chi connectivity index (χ0n) is 9.56. The van der Waals surface area contributed by atoms with Crippen molar-refractivity contribution >= 4 is 13.8 Å². The van der Waals surface area contributed by atoms with Gasteiger partial charge in [-0.3, -0.25) is 4.79 Å². The molecule has 0 saturated carbocycles. The van der Waals surface area contributed by atoms with E-state index in [-0.39, 0.29) is 5.92 Å². The van der Waals surface area contributed by atoms with Crippen molar-refractivity contribution in [2.24, 2.45) is 5.92 Å². The third-order valence-corrected chi connectivity index (χ3v) is 4.35. The minimum atomic E-state index is -1.85. The van der Waals surface area contributed by atoms with Gasteiger partial charge in [0.2, 0.25) is 0 Å². The summed E-state index contributed by atoms with van der Waals surface area (Å²) in [5.41, 5.74) is 0. The summed E-state index contributed by atoms with van der Waals surface area (Å²) in [4.78, 5) is 12.9. The lowest BCUT2D eigenvalue weighted by Crippen LogP contribution is -2.37. The third kappa shape index (κ3) is 4.24. The summed E-state index contributed by atoms with van der Waals surface area (Å²) in [6.07, 6.45) is 1.87. The molecule has 6 heteroatoms. The number of rotatable bonds is 5. The molecule has 0 amide bonds. The van der Waals surface area contributed by atoms with Gasteiger partial charge >= 0.3 is 5.97 Å². The Bertz CT molecular complexity index is 264. The Labute approximate surface area is 96.2 Å². The highest BCUT2D eigenvalue weighted by molar-refractivity contribution is 7.44. The molecule has 16 heavy (non-hydrogen) atoms. The Kier molecular flexibility index (Phi) is 5.46. The lowest BCUT2D eigenvalue weighted by molar-refractivity contribution is -0.143. The van der Waals surface area contributed by atoms with E-state index in [1.54, 1.807) is 6.66 Å². The first-order valence-corrected chi connectivity index (χ1v) is 7.63. The van der Waals surface area contributed by atoms with Crippen LogP contribution in [0, 0.1) is 5.92 Å². The predicted molar refractivity (Wildman–Crippen MR) is 62.3 cm³/mol. The molecule has 0 aromatic rings. The van der Waals surface area contributed by atoms with Gasteiger partial charge in [-0.2, -0.15) is 0 Å². The number of hydrogen-bond acceptors (Lipinski definition) is 4. The number of aliphatic hydroxyl groups is 1. The number of aliphatic hydroxyl groups excluding tert-OH is 1. The Morgan fingerprint density at radius 3 is 2.50 bits per heavy atom. The monoisotopic (exact) mass is 249 g/mol. The maximum atomic E-state index is 11.0. The number of carbonyl (C=O) groups is 1. The summed E-state index contributed by atoms with van der Waals surface area (Å²) in [5.74, 6) is -1.62. The lowest BCUT2D eigenvalue weighted by Gasteiger charge is -2.30. The molecule has 2 atom stereocenters. The first-order chi connectivity index (χ1) is 7.50. The summed E-state index contributed by atoms with van der Waals surface area (Å²) in [6.45, 7) is 3.78. The molecule has 0 spiro atoms. The second-order valence-corrected chi connectivity index (χ2v) is 6.26. The van der Waals surface area contributed by atoms with Gasteiger partial charge in [0.1, 0.15) is 13.6 Å². The summed E-state index contributed by atoms with van der Waals surface area (Å²) < 4.78 is 11.0. The van der Waals surface area contributed by atoms with Crippen LogP contribution in [0.25, 0.3) is 0 Å². The highest BCUT2D eigenvalue weighted by Gasteiger charge is 2.24. The third-order valence-electron chi connectivity index (χ3n) is 3.12. The van der Waals surface area contributed by atoms with Crippen LogP contribution in [0.3, 0.4) is 0 Å². The molecule has 2 unspecified atom stereocenters. The second-order valence-electron chi connectivity index (χ2n) is 4.37. The van der Waals surface area contributed by atoms with Crippen LogP contribution in [0.15, 0.2) is 0 Å². The van der Waals surface area contributed by atoms with Crippen LogP contribution in [0.2, 0.25) is 0 Å². The van der Waals surface area contributed by atoms with E-state index < -0.39 is 19.6 Å². The minimum Gasteiger partial charge on any atom is -0.481 e. The van der Waals surface area contributed by atoms with E-state index in [0.717, 1.165) is 13.1 Å². The van der Waals surface area contributed by atoms with E-state index in [1.807, 2.05) is 0 Å². The van der Waals surface area contributed by atoms with Crippen molar-refractivity contribution in [2.75, 3.05) is 26.3 Å². The van der Waals surface area contributed by atoms with Crippen LogP contribution in [0.1, 0.15) is 19.3 Å². The smallest absolute Gasteiger partial charge is 0.306 e. The van der Waals surface area contributed by atoms with Gasteiger partial charge in [0.15, 0.2) is 0 Å². The van der Waals surface area contributed by atoms with Gasteiger partial charge < -0.3 is 19.7 Å². The number of aliphatic carboxylic acids is 1. The number of nitrogens with zero attached hydrogens (tertiary/aromatic N) is 1. The summed E-state index contributed by atoms with van der Waals surface area (Å²) in [5, 5.41) is 18.2. The molecule has 0 aromatic heterocycles. The van der Waals surface area contributed by atoms with E-state index in [4.69, 9.17) is 5.11 Å². The lowest BCUT2D eigenvalue weighted by atomic mass is 9.97. The quantitative estimate of drug-likeness (QED) is 0.701. The molecule has 94 valence electrons. The Balaban J connectivity index is 2.22. The molecule has 5 nitrogen and oxygen atoms in total. The second kappa shape index (κ2) is 6.38. The largest absolute Gasteiger partial charge is 0.481 e. The number of hydrogen-bond donors (Lipinski definition) is 2. The van der Waals surface area contributed by atoms with Crippen molar-refractivity contribution in [3.63, 3.8) is 0 Å². The Morgan fingerprint density at radius 1 is 1.50 bits per heavy atom. The van der Waals surface area contributed by atoms with Gasteiger partial charge in [0, 0.05) is 6.54 Å². The minimum absolute atomic E-state index is 0.216. The molecule has 0 aliphatic carbocycles. The molecule has 1 aliphatic heterocycles. The van der Waals surface area contributed by atoms with Gasteiger partial charge in [0.05, 0.1) is 5.92 Å². The van der Waals surface area contributed by atoms with Crippen LogP contribution in [0.4, 0.5) is 0 Å². The van der Waals surface area contributed by atoms with Crippen molar-refractivity contribution in [2.45, 2.75) is 25.1 Å². The van der Waals surface area contributed by atoms with E-state index in [1.165, 1.54) is 0 Å². The fourth-order valence-corrected chi connectivity index (χ4v) is 2.45. The fourth-order valence-electron chi connectivity index (χ4n) is 1.91. The van der Waals surface area contributed by atoms with Crippen molar-refractivity contribution in [1.29, 1.82) is 0 Å². The van der Waals surface area contributed by atoms with Crippen molar-refractivity contribution < 1.29 is 19.6 Å². The molecule has 1 saturated heterocycles. The van der Waals surface area contributed by atoms with Gasteiger partial charge in [-0.05, 0) is 39.0 Å². The Hall–Kier alpha value is -0.380. The summed E-state index contributed by atoms with van der Waals surface area (Å²) in [6, 6.07) is 0. The van der Waals surface area contributed by atoms with E-state index >= 15 is 0 Å². The molecule has 1 aliphatic rings. The topological polar surface area (TPSA) is 77.8 Å². The van der Waals surface area contributed by atoms with Gasteiger partial charge in [0.25, 0.3) is 0 Å². The predicted octanol–water partition coefficient (Wildman–Crippen LogP) is 0.681. The van der Waals surface area contributed by atoms with Crippen molar-refractivity contribution in [3.05, 3.63) is 0 Å². The molecule has 1 heterocycles. The normalized spacial score (nSPS) is 22.9. The first kappa shape index (κ1) is 13.7. The van der Waals surface area contributed by atoms with Gasteiger partial charge in [-0.15, -0.1) is 0 Å². The number of carboxylic acids is 1. The standard InChI is InChI=1S/C10H20NO4P/c1-16(15)9(12)4-7-11-5-2-8(3-6-11)10(13)14/h8-9,12,16H,2-7H2,1H3,(H,13,14). The molecule has 1 rings (SSSR count). The Morgan fingerprint density at radius 2 is 2.06 bits per heavy atom. The van der Waals surface area contributed by atoms with E-state index in [2.05, 4.69) is 4.90 Å². The van der Waals surface area contributed by atoms with Gasteiger partial charge in [-0.1, -0.05) is 0 Å². The van der Waals surface area contributed by atoms with E-state index in [0.29, 0.717) is 25.8 Å². The zero-order chi connectivity index (χ0) is 12.1. The fraction of sp³-hybridized carbons (Fsp3) is 0.900. The molecule has 0 bridgehead atoms. The average molecular weight is 249 g/mol. The van der Waals surface area contributed by atoms with Crippen LogP contribution in [-0.4, -0.2) is 53.2 Å². The van der Waals surface area contributed by atoms with Crippen LogP contribution >= 0.6 is 7.80 Å².